The maximum atomic E-state index is 12.8. The van der Waals surface area contributed by atoms with Gasteiger partial charge in [0.15, 0.2) is 12.1 Å². The monoisotopic (exact) mass is 301 g/mol. The number of nitrogens with zero attached hydrogens (tertiary/aromatic N) is 3. The lowest BCUT2D eigenvalue weighted by atomic mass is 10.1. The van der Waals surface area contributed by atoms with Gasteiger partial charge >= 0.3 is 0 Å². The first kappa shape index (κ1) is 14.7. The molecule has 6 nitrogen and oxygen atoms in total. The minimum atomic E-state index is -0.262. The Morgan fingerprint density at radius 1 is 1.45 bits per heavy atom. The summed E-state index contributed by atoms with van der Waals surface area (Å²) in [5, 5.41) is 0. The van der Waals surface area contributed by atoms with Crippen LogP contribution in [0.3, 0.4) is 0 Å². The molecule has 22 heavy (non-hydrogen) atoms. The Labute approximate surface area is 129 Å². The molecule has 1 atom stereocenters. The fraction of sp³-hybridized carbons (Fsp3) is 0.438. The van der Waals surface area contributed by atoms with E-state index >= 15 is 0 Å². The molecule has 0 unspecified atom stereocenters. The number of likely N-dealkylation sites (N-methyl/N-ethyl adjacent to an activating group) is 1. The number of aromatic nitrogens is 2. The molecule has 0 aliphatic heterocycles. The van der Waals surface area contributed by atoms with Crippen LogP contribution < -0.4 is 0 Å². The number of rotatable bonds is 6. The third kappa shape index (κ3) is 2.87. The number of hydrogen-bond donors (Lipinski definition) is 0. The summed E-state index contributed by atoms with van der Waals surface area (Å²) in [4.78, 5) is 22.8. The number of oxazole rings is 1. The molecule has 2 heterocycles. The van der Waals surface area contributed by atoms with Crippen LogP contribution in [0.2, 0.25) is 0 Å². The Morgan fingerprint density at radius 2 is 2.27 bits per heavy atom. The Morgan fingerprint density at radius 3 is 2.91 bits per heavy atom. The molecule has 2 aromatic rings. The van der Waals surface area contributed by atoms with Gasteiger partial charge in [-0.3, -0.25) is 9.78 Å². The number of hydrogen-bond acceptors (Lipinski definition) is 5. The lowest BCUT2D eigenvalue weighted by Crippen LogP contribution is -2.34. The van der Waals surface area contributed by atoms with Crippen molar-refractivity contribution in [3.8, 4) is 0 Å². The zero-order valence-corrected chi connectivity index (χ0v) is 12.7. The van der Waals surface area contributed by atoms with Crippen molar-refractivity contribution >= 4 is 5.91 Å². The first-order valence-corrected chi connectivity index (χ1v) is 7.32. The fourth-order valence-electron chi connectivity index (χ4n) is 2.49. The van der Waals surface area contributed by atoms with Crippen molar-refractivity contribution < 1.29 is 13.9 Å². The van der Waals surface area contributed by atoms with E-state index < -0.39 is 0 Å². The van der Waals surface area contributed by atoms with Gasteiger partial charge in [0.2, 0.25) is 0 Å². The predicted molar refractivity (Wildman–Crippen MR) is 79.4 cm³/mol. The average Bonchev–Trinajstić information content (AvgIpc) is 3.29. The Bertz CT molecular complexity index is 637. The predicted octanol–water partition coefficient (Wildman–Crippen LogP) is 2.41. The summed E-state index contributed by atoms with van der Waals surface area (Å²) in [6.45, 7) is 0.371. The smallest absolute Gasteiger partial charge is 0.276 e. The molecular formula is C16H19N3O3. The highest BCUT2D eigenvalue weighted by Crippen LogP contribution is 2.41. The normalized spacial score (nSPS) is 15.5. The Kier molecular flexibility index (Phi) is 4.20. The van der Waals surface area contributed by atoms with Gasteiger partial charge in [0, 0.05) is 26.3 Å². The maximum absolute atomic E-state index is 12.8. The van der Waals surface area contributed by atoms with Crippen molar-refractivity contribution in [1.29, 1.82) is 0 Å². The van der Waals surface area contributed by atoms with E-state index in [1.807, 2.05) is 18.2 Å². The molecule has 0 spiro atoms. The quantitative estimate of drug-likeness (QED) is 0.819. The SMILES string of the molecule is COC[C@H](c1ccccn1)N(C)C(=O)c1ncoc1C1CC1. The summed E-state index contributed by atoms with van der Waals surface area (Å²) in [5.74, 6) is 0.878. The maximum Gasteiger partial charge on any atom is 0.276 e. The second kappa shape index (κ2) is 6.27. The molecule has 6 heteroatoms. The Balaban J connectivity index is 1.84. The highest BCUT2D eigenvalue weighted by Gasteiger charge is 2.35. The molecule has 0 radical (unpaired) electrons. The van der Waals surface area contributed by atoms with Crippen molar-refractivity contribution in [1.82, 2.24) is 14.9 Å². The van der Waals surface area contributed by atoms with Crippen LogP contribution in [0.15, 0.2) is 35.2 Å². The third-order valence-corrected chi connectivity index (χ3v) is 3.89. The molecule has 3 rings (SSSR count). The highest BCUT2D eigenvalue weighted by molar-refractivity contribution is 5.93. The van der Waals surface area contributed by atoms with Gasteiger partial charge in [-0.2, -0.15) is 0 Å². The summed E-state index contributed by atoms with van der Waals surface area (Å²) in [6, 6.07) is 5.37. The van der Waals surface area contributed by atoms with E-state index in [-0.39, 0.29) is 11.9 Å². The molecule has 1 fully saturated rings. The summed E-state index contributed by atoms with van der Waals surface area (Å²) < 4.78 is 10.7. The molecule has 0 bridgehead atoms. The lowest BCUT2D eigenvalue weighted by Gasteiger charge is -2.26. The molecule has 0 N–H and O–H groups in total. The van der Waals surface area contributed by atoms with E-state index in [1.165, 1.54) is 6.39 Å². The zero-order valence-electron chi connectivity index (χ0n) is 12.7. The molecule has 1 saturated carbocycles. The van der Waals surface area contributed by atoms with Crippen LogP contribution in [0.25, 0.3) is 0 Å². The number of methoxy groups -OCH3 is 1. The van der Waals surface area contributed by atoms with E-state index in [2.05, 4.69) is 9.97 Å². The topological polar surface area (TPSA) is 68.5 Å². The third-order valence-electron chi connectivity index (χ3n) is 3.89. The van der Waals surface area contributed by atoms with Crippen LogP contribution >= 0.6 is 0 Å². The highest BCUT2D eigenvalue weighted by atomic mass is 16.5. The van der Waals surface area contributed by atoms with Gasteiger partial charge in [0.25, 0.3) is 5.91 Å². The number of carbonyl (C=O) groups is 1. The first-order chi connectivity index (χ1) is 10.7. The van der Waals surface area contributed by atoms with Gasteiger partial charge in [0.1, 0.15) is 5.76 Å². The second-order valence-electron chi connectivity index (χ2n) is 5.48. The number of carbonyl (C=O) groups excluding carboxylic acids is 1. The summed E-state index contributed by atoms with van der Waals surface area (Å²) in [6.07, 6.45) is 5.17. The average molecular weight is 301 g/mol. The van der Waals surface area contributed by atoms with Crippen molar-refractivity contribution in [2.75, 3.05) is 20.8 Å². The van der Waals surface area contributed by atoms with Crippen LogP contribution in [-0.2, 0) is 4.74 Å². The molecule has 116 valence electrons. The van der Waals surface area contributed by atoms with E-state index in [1.54, 1.807) is 25.3 Å². The standard InChI is InChI=1S/C16H19N3O3/c1-19(13(9-21-2)12-5-3-4-8-17-12)16(20)14-15(11-6-7-11)22-10-18-14/h3-5,8,10-11,13H,6-7,9H2,1-2H3/t13-/m1/s1. The fourth-order valence-corrected chi connectivity index (χ4v) is 2.49. The van der Waals surface area contributed by atoms with Crippen LogP contribution in [0.5, 0.6) is 0 Å². The van der Waals surface area contributed by atoms with Crippen LogP contribution in [0.1, 0.15) is 46.7 Å². The minimum absolute atomic E-state index is 0.164. The largest absolute Gasteiger partial charge is 0.447 e. The van der Waals surface area contributed by atoms with E-state index in [0.717, 1.165) is 18.5 Å². The molecule has 0 saturated heterocycles. The molecule has 1 amide bonds. The molecule has 1 aliphatic carbocycles. The van der Waals surface area contributed by atoms with E-state index in [0.29, 0.717) is 24.0 Å². The number of ether oxygens (including phenoxy) is 1. The number of pyridine rings is 1. The van der Waals surface area contributed by atoms with Gasteiger partial charge in [-0.25, -0.2) is 4.98 Å². The molecule has 1 aliphatic rings. The van der Waals surface area contributed by atoms with Crippen LogP contribution in [0.4, 0.5) is 0 Å². The first-order valence-electron chi connectivity index (χ1n) is 7.32. The second-order valence-corrected chi connectivity index (χ2v) is 5.48. The summed E-state index contributed by atoms with van der Waals surface area (Å²) >= 11 is 0. The van der Waals surface area contributed by atoms with Gasteiger partial charge < -0.3 is 14.1 Å². The van der Waals surface area contributed by atoms with Crippen LogP contribution in [0, 0.1) is 0 Å². The molecular weight excluding hydrogens is 282 g/mol. The van der Waals surface area contributed by atoms with Crippen molar-refractivity contribution in [3.05, 3.63) is 47.9 Å². The Hall–Kier alpha value is -2.21. The summed E-state index contributed by atoms with van der Waals surface area (Å²) in [5.41, 5.74) is 1.19. The summed E-state index contributed by atoms with van der Waals surface area (Å²) in [7, 11) is 3.35. The van der Waals surface area contributed by atoms with Crippen molar-refractivity contribution in [2.24, 2.45) is 0 Å². The minimum Gasteiger partial charge on any atom is -0.447 e. The molecule has 2 aromatic heterocycles. The van der Waals surface area contributed by atoms with Crippen LogP contribution in [-0.4, -0.2) is 41.5 Å². The van der Waals surface area contributed by atoms with E-state index in [9.17, 15) is 4.79 Å². The molecule has 0 aromatic carbocycles. The van der Waals surface area contributed by atoms with Gasteiger partial charge in [-0.1, -0.05) is 6.07 Å². The van der Waals surface area contributed by atoms with Gasteiger partial charge in [-0.05, 0) is 25.0 Å². The zero-order chi connectivity index (χ0) is 15.5. The van der Waals surface area contributed by atoms with E-state index in [4.69, 9.17) is 9.15 Å². The number of amides is 1. The van der Waals surface area contributed by atoms with Crippen molar-refractivity contribution in [2.45, 2.75) is 24.8 Å². The van der Waals surface area contributed by atoms with Gasteiger partial charge in [-0.15, -0.1) is 0 Å². The lowest BCUT2D eigenvalue weighted by molar-refractivity contribution is 0.0588. The van der Waals surface area contributed by atoms with Gasteiger partial charge in [0.05, 0.1) is 18.3 Å². The van der Waals surface area contributed by atoms with Crippen molar-refractivity contribution in [3.63, 3.8) is 0 Å².